The molecule has 0 aliphatic heterocycles. The normalized spacial score (nSPS) is 11.3. The molecular formula is C13H13N3O3. The lowest BCUT2D eigenvalue weighted by Gasteiger charge is -2.09. The van der Waals surface area contributed by atoms with Crippen molar-refractivity contribution in [3.8, 4) is 0 Å². The van der Waals surface area contributed by atoms with Crippen molar-refractivity contribution < 1.29 is 14.4 Å². The Morgan fingerprint density at radius 3 is 2.68 bits per heavy atom. The van der Waals surface area contributed by atoms with Gasteiger partial charge in [0.15, 0.2) is 5.84 Å². The van der Waals surface area contributed by atoms with Gasteiger partial charge in [-0.3, -0.25) is 4.79 Å². The minimum atomic E-state index is -0.315. The molecule has 19 heavy (non-hydrogen) atoms. The van der Waals surface area contributed by atoms with Crippen molar-refractivity contribution >= 4 is 17.4 Å². The summed E-state index contributed by atoms with van der Waals surface area (Å²) in [5, 5.41) is 14.3. The highest BCUT2D eigenvalue weighted by atomic mass is 16.4. The van der Waals surface area contributed by atoms with E-state index in [-0.39, 0.29) is 11.7 Å². The molecule has 0 saturated heterocycles. The van der Waals surface area contributed by atoms with Gasteiger partial charge in [0.25, 0.3) is 5.91 Å². The molecule has 2 aromatic rings. The Kier molecular flexibility index (Phi) is 3.51. The molecule has 6 heteroatoms. The highest BCUT2D eigenvalue weighted by Gasteiger charge is 2.14. The van der Waals surface area contributed by atoms with Crippen LogP contribution in [0.15, 0.2) is 46.2 Å². The van der Waals surface area contributed by atoms with E-state index in [0.717, 1.165) is 0 Å². The highest BCUT2D eigenvalue weighted by Crippen LogP contribution is 2.17. The van der Waals surface area contributed by atoms with Crippen LogP contribution in [0, 0.1) is 6.92 Å². The summed E-state index contributed by atoms with van der Waals surface area (Å²) in [5.74, 6) is 0.142. The van der Waals surface area contributed by atoms with Crippen LogP contribution < -0.4 is 11.1 Å². The minimum absolute atomic E-state index is 0.0696. The topological polar surface area (TPSA) is 101 Å². The standard InChI is InChI=1S/C13H13N3O3/c1-8-9(6-7-19-8)13(17)15-11-5-3-2-4-10(11)12(14)16-18/h2-7,18H,1H3,(H2,14,16)(H,15,17). The molecule has 0 saturated carbocycles. The molecule has 0 aliphatic rings. The Bertz CT molecular complexity index is 632. The second-order valence-corrected chi connectivity index (χ2v) is 3.88. The van der Waals surface area contributed by atoms with Crippen molar-refractivity contribution in [2.45, 2.75) is 6.92 Å². The molecule has 0 aliphatic carbocycles. The largest absolute Gasteiger partial charge is 0.469 e. The fraction of sp³-hybridized carbons (Fsp3) is 0.0769. The van der Waals surface area contributed by atoms with Gasteiger partial charge in [-0.05, 0) is 25.1 Å². The average molecular weight is 259 g/mol. The summed E-state index contributed by atoms with van der Waals surface area (Å²) in [6.45, 7) is 1.70. The first kappa shape index (κ1) is 12.7. The van der Waals surface area contributed by atoms with Gasteiger partial charge in [0, 0.05) is 5.56 Å². The summed E-state index contributed by atoms with van der Waals surface area (Å²) in [6, 6.07) is 8.36. The highest BCUT2D eigenvalue weighted by molar-refractivity contribution is 6.10. The third-order valence-corrected chi connectivity index (χ3v) is 2.66. The molecule has 0 bridgehead atoms. The monoisotopic (exact) mass is 259 g/mol. The summed E-state index contributed by atoms with van der Waals surface area (Å²) in [7, 11) is 0. The zero-order valence-corrected chi connectivity index (χ0v) is 10.3. The summed E-state index contributed by atoms with van der Waals surface area (Å²) in [6.07, 6.45) is 1.44. The van der Waals surface area contributed by atoms with Crippen LogP contribution in [0.1, 0.15) is 21.7 Å². The lowest BCUT2D eigenvalue weighted by Crippen LogP contribution is -2.19. The van der Waals surface area contributed by atoms with E-state index < -0.39 is 0 Å². The molecule has 0 atom stereocenters. The van der Waals surface area contributed by atoms with E-state index in [4.69, 9.17) is 15.4 Å². The number of para-hydroxylation sites is 1. The number of nitrogens with zero attached hydrogens (tertiary/aromatic N) is 1. The lowest BCUT2D eigenvalue weighted by atomic mass is 10.1. The van der Waals surface area contributed by atoms with Crippen molar-refractivity contribution in [1.82, 2.24) is 0 Å². The van der Waals surface area contributed by atoms with Gasteiger partial charge < -0.3 is 20.7 Å². The van der Waals surface area contributed by atoms with Crippen LogP contribution in [0.4, 0.5) is 5.69 Å². The number of carbonyl (C=O) groups is 1. The zero-order valence-electron chi connectivity index (χ0n) is 10.3. The van der Waals surface area contributed by atoms with Crippen LogP contribution in [0.2, 0.25) is 0 Å². The Morgan fingerprint density at radius 1 is 1.32 bits per heavy atom. The molecule has 1 heterocycles. The van der Waals surface area contributed by atoms with Gasteiger partial charge in [-0.25, -0.2) is 0 Å². The van der Waals surface area contributed by atoms with E-state index in [2.05, 4.69) is 10.5 Å². The maximum absolute atomic E-state index is 12.0. The quantitative estimate of drug-likeness (QED) is 0.339. The number of rotatable bonds is 3. The molecule has 4 N–H and O–H groups in total. The number of amidine groups is 1. The van der Waals surface area contributed by atoms with Gasteiger partial charge in [0.05, 0.1) is 17.5 Å². The maximum atomic E-state index is 12.0. The Labute approximate surface area is 109 Å². The van der Waals surface area contributed by atoms with Gasteiger partial charge in [-0.2, -0.15) is 0 Å². The molecule has 0 fully saturated rings. The van der Waals surface area contributed by atoms with E-state index in [1.54, 1.807) is 37.3 Å². The maximum Gasteiger partial charge on any atom is 0.259 e. The minimum Gasteiger partial charge on any atom is -0.469 e. The van der Waals surface area contributed by atoms with Crippen LogP contribution in [-0.4, -0.2) is 17.0 Å². The van der Waals surface area contributed by atoms with Crippen molar-refractivity contribution in [2.24, 2.45) is 10.9 Å². The van der Waals surface area contributed by atoms with Gasteiger partial charge in [-0.15, -0.1) is 0 Å². The fourth-order valence-corrected chi connectivity index (χ4v) is 1.68. The SMILES string of the molecule is Cc1occc1C(=O)Nc1ccccc1/C(N)=N/O. The second-order valence-electron chi connectivity index (χ2n) is 3.88. The van der Waals surface area contributed by atoms with E-state index in [0.29, 0.717) is 22.6 Å². The van der Waals surface area contributed by atoms with Crippen LogP contribution >= 0.6 is 0 Å². The summed E-state index contributed by atoms with van der Waals surface area (Å²) < 4.78 is 5.07. The average Bonchev–Trinajstić information content (AvgIpc) is 2.85. The van der Waals surface area contributed by atoms with Gasteiger partial charge >= 0.3 is 0 Å². The number of hydrogen-bond donors (Lipinski definition) is 3. The summed E-state index contributed by atoms with van der Waals surface area (Å²) in [4.78, 5) is 12.0. The summed E-state index contributed by atoms with van der Waals surface area (Å²) in [5.41, 5.74) is 6.89. The number of furan rings is 1. The first-order chi connectivity index (χ1) is 9.13. The predicted octanol–water partition coefficient (Wildman–Crippen LogP) is 1.93. The van der Waals surface area contributed by atoms with E-state index in [9.17, 15) is 4.79 Å². The number of nitrogens with two attached hydrogens (primary N) is 1. The molecule has 0 unspecified atom stereocenters. The van der Waals surface area contributed by atoms with E-state index >= 15 is 0 Å². The van der Waals surface area contributed by atoms with Gasteiger partial charge in [0.2, 0.25) is 0 Å². The fourth-order valence-electron chi connectivity index (χ4n) is 1.68. The molecule has 98 valence electrons. The molecular weight excluding hydrogens is 246 g/mol. The molecule has 1 amide bonds. The number of nitrogens with one attached hydrogen (secondary N) is 1. The van der Waals surface area contributed by atoms with Gasteiger partial charge in [-0.1, -0.05) is 17.3 Å². The van der Waals surface area contributed by atoms with Crippen LogP contribution in [0.25, 0.3) is 0 Å². The Morgan fingerprint density at radius 2 is 2.05 bits per heavy atom. The van der Waals surface area contributed by atoms with Crippen LogP contribution in [0.3, 0.4) is 0 Å². The van der Waals surface area contributed by atoms with Crippen molar-refractivity contribution in [3.63, 3.8) is 0 Å². The molecule has 1 aromatic heterocycles. The summed E-state index contributed by atoms with van der Waals surface area (Å²) >= 11 is 0. The first-order valence-corrected chi connectivity index (χ1v) is 5.56. The Balaban J connectivity index is 2.30. The third kappa shape index (κ3) is 2.57. The van der Waals surface area contributed by atoms with Crippen molar-refractivity contribution in [1.29, 1.82) is 0 Å². The number of carbonyl (C=O) groups excluding carboxylic acids is 1. The number of anilines is 1. The predicted molar refractivity (Wildman–Crippen MR) is 70.4 cm³/mol. The van der Waals surface area contributed by atoms with Crippen molar-refractivity contribution in [3.05, 3.63) is 53.5 Å². The van der Waals surface area contributed by atoms with Crippen molar-refractivity contribution in [2.75, 3.05) is 5.32 Å². The molecule has 6 nitrogen and oxygen atoms in total. The number of benzene rings is 1. The van der Waals surface area contributed by atoms with Crippen LogP contribution in [-0.2, 0) is 0 Å². The van der Waals surface area contributed by atoms with E-state index in [1.807, 2.05) is 0 Å². The van der Waals surface area contributed by atoms with E-state index in [1.165, 1.54) is 6.26 Å². The molecule has 0 spiro atoms. The number of aryl methyl sites for hydroxylation is 1. The zero-order chi connectivity index (χ0) is 13.8. The molecule has 0 radical (unpaired) electrons. The first-order valence-electron chi connectivity index (χ1n) is 5.56. The van der Waals surface area contributed by atoms with Gasteiger partial charge in [0.1, 0.15) is 5.76 Å². The number of amides is 1. The van der Waals surface area contributed by atoms with Crippen LogP contribution in [0.5, 0.6) is 0 Å². The second kappa shape index (κ2) is 5.26. The molecule has 1 aromatic carbocycles. The molecule has 2 rings (SSSR count). The number of oxime groups is 1. The lowest BCUT2D eigenvalue weighted by molar-refractivity contribution is 0.102. The Hall–Kier alpha value is -2.76. The smallest absolute Gasteiger partial charge is 0.259 e. The number of hydrogen-bond acceptors (Lipinski definition) is 4. The third-order valence-electron chi connectivity index (χ3n) is 2.66.